The minimum atomic E-state index is -5.03. The lowest BCUT2D eigenvalue weighted by Gasteiger charge is -2.50. The van der Waals surface area contributed by atoms with Gasteiger partial charge in [-0.2, -0.15) is 13.5 Å². The molecule has 2 amide bonds. The van der Waals surface area contributed by atoms with Gasteiger partial charge >= 0.3 is 16.4 Å². The summed E-state index contributed by atoms with van der Waals surface area (Å²) in [5.41, 5.74) is 9.89. The third kappa shape index (κ3) is 7.65. The molecule has 1 aromatic carbocycles. The fourth-order valence-electron chi connectivity index (χ4n) is 5.38. The van der Waals surface area contributed by atoms with Gasteiger partial charge < -0.3 is 42.1 Å². The number of nitrogens with one attached hydrogen (secondary N) is 3. The highest BCUT2D eigenvalue weighted by atomic mass is 32.3. The van der Waals surface area contributed by atoms with Crippen molar-refractivity contribution >= 4 is 61.9 Å². The maximum atomic E-state index is 13.5. The number of ether oxygens (including phenoxy) is 1. The molecule has 3 aliphatic heterocycles. The third-order valence-corrected chi connectivity index (χ3v) is 9.32. The van der Waals surface area contributed by atoms with Gasteiger partial charge in [-0.05, 0) is 75.4 Å². The van der Waals surface area contributed by atoms with E-state index in [-0.39, 0.29) is 17.2 Å². The molecule has 50 heavy (non-hydrogen) atoms. The zero-order valence-electron chi connectivity index (χ0n) is 27.2. The Morgan fingerprint density at radius 2 is 2.10 bits per heavy atom. The number of carboxylic acids is 1. The molecule has 21 heteroatoms. The van der Waals surface area contributed by atoms with Crippen LogP contribution in [0.4, 0.5) is 5.13 Å². The van der Waals surface area contributed by atoms with Crippen molar-refractivity contribution < 1.29 is 46.3 Å². The smallest absolute Gasteiger partial charge is 0.418 e. The van der Waals surface area contributed by atoms with Gasteiger partial charge in [-0.25, -0.2) is 14.8 Å². The largest absolute Gasteiger partial charge is 0.485 e. The van der Waals surface area contributed by atoms with Crippen LogP contribution in [0.3, 0.4) is 0 Å². The molecule has 1 fully saturated rings. The van der Waals surface area contributed by atoms with E-state index in [9.17, 15) is 27.9 Å². The summed E-state index contributed by atoms with van der Waals surface area (Å²) in [5.74, 6) is -2.31. The first-order valence-electron chi connectivity index (χ1n) is 15.3. The number of guanidine groups is 1. The van der Waals surface area contributed by atoms with E-state index in [0.717, 1.165) is 34.5 Å². The van der Waals surface area contributed by atoms with Crippen LogP contribution in [0.25, 0.3) is 5.57 Å². The van der Waals surface area contributed by atoms with Crippen molar-refractivity contribution in [3.8, 4) is 5.75 Å². The molecule has 5 rings (SSSR count). The van der Waals surface area contributed by atoms with E-state index in [1.54, 1.807) is 12.3 Å². The molecule has 3 atom stereocenters. The van der Waals surface area contributed by atoms with Crippen LogP contribution in [0.15, 0.2) is 39.9 Å². The van der Waals surface area contributed by atoms with Gasteiger partial charge in [0.15, 0.2) is 22.9 Å². The molecule has 0 bridgehead atoms. The van der Waals surface area contributed by atoms with Crippen LogP contribution in [0, 0.1) is 0 Å². The van der Waals surface area contributed by atoms with Gasteiger partial charge in [0.2, 0.25) is 0 Å². The Morgan fingerprint density at radius 1 is 1.34 bits per heavy atom. The Kier molecular flexibility index (Phi) is 10.3. The van der Waals surface area contributed by atoms with Gasteiger partial charge in [0.05, 0.1) is 5.54 Å². The predicted octanol–water partition coefficient (Wildman–Crippen LogP) is -0.238. The first kappa shape index (κ1) is 36.5. The average molecular weight is 736 g/mol. The Balaban J connectivity index is 1.33. The summed E-state index contributed by atoms with van der Waals surface area (Å²) < 4.78 is 41.8. The number of aromatic nitrogens is 1. The number of carbonyl (C=O) groups excluding carboxylic acids is 2. The summed E-state index contributed by atoms with van der Waals surface area (Å²) in [5, 5.41) is 24.9. The minimum Gasteiger partial charge on any atom is -0.485 e. The number of β-lactam (4-membered cyclic amide) rings is 1. The van der Waals surface area contributed by atoms with E-state index in [1.165, 1.54) is 26.2 Å². The molecule has 270 valence electrons. The van der Waals surface area contributed by atoms with Crippen molar-refractivity contribution in [2.24, 2.45) is 15.9 Å². The third-order valence-electron chi connectivity index (χ3n) is 8.31. The highest BCUT2D eigenvalue weighted by Crippen LogP contribution is 2.36. The lowest BCUT2D eigenvalue weighted by Crippen LogP contribution is -2.76. The number of hydrogen-bond acceptors (Lipinski definition) is 16. The topological polar surface area (TPSA) is 282 Å². The number of fused-ring (bicyclic) bond motifs is 1. The lowest BCUT2D eigenvalue weighted by molar-refractivity contribution is -0.218. The van der Waals surface area contributed by atoms with Gasteiger partial charge in [-0.3, -0.25) is 14.1 Å². The first-order valence-corrected chi connectivity index (χ1v) is 17.6. The number of aliphatic imine (C=N–C) groups is 1. The number of nitrogens with two attached hydrogens (primary N) is 2. The summed E-state index contributed by atoms with van der Waals surface area (Å²) in [7, 11) is -5.03. The number of rotatable bonds is 13. The predicted molar refractivity (Wildman–Crippen MR) is 180 cm³/mol. The summed E-state index contributed by atoms with van der Waals surface area (Å²) in [6.45, 7) is 5.83. The molecule has 19 nitrogen and oxygen atoms in total. The van der Waals surface area contributed by atoms with Crippen molar-refractivity contribution in [1.29, 1.82) is 0 Å². The van der Waals surface area contributed by atoms with Crippen molar-refractivity contribution in [2.75, 3.05) is 25.4 Å². The summed E-state index contributed by atoms with van der Waals surface area (Å²) in [6, 6.07) is 4.21. The number of amides is 2. The highest BCUT2D eigenvalue weighted by molar-refractivity contribution is 7.80. The molecular weight excluding hydrogens is 699 g/mol. The van der Waals surface area contributed by atoms with Gasteiger partial charge in [0, 0.05) is 24.7 Å². The van der Waals surface area contributed by atoms with Crippen LogP contribution in [0.2, 0.25) is 0 Å². The van der Waals surface area contributed by atoms with Crippen molar-refractivity contribution in [1.82, 2.24) is 26.0 Å². The number of anilines is 1. The van der Waals surface area contributed by atoms with Crippen molar-refractivity contribution in [3.63, 3.8) is 0 Å². The fourth-order valence-corrected chi connectivity index (χ4v) is 6.38. The van der Waals surface area contributed by atoms with Gasteiger partial charge in [-0.1, -0.05) is 11.2 Å². The van der Waals surface area contributed by atoms with Crippen LogP contribution >= 0.6 is 11.3 Å². The van der Waals surface area contributed by atoms with Crippen LogP contribution in [0.5, 0.6) is 5.75 Å². The second kappa shape index (κ2) is 14.2. The number of aliphatic carboxylic acids is 1. The Bertz CT molecular complexity index is 1880. The molecule has 0 saturated carbocycles. The standard InChI is InChI=1S/C29H37N9O10S2/c1-28(2)22(24(40)38(28)48-50(43,44)45)36-23(39)21(18-14-49-26(31)35-18)37-47-29(3,25(41)42)20-8-6-16-11-15(5-7-19(16)46-20)17-12-33-27(34-13-17)32-10-4-9-30/h5,7,11-12,14,20,22H,4,6,8-10,13,30H2,1-3H3,(H2,31,35)(H,36,39)(H,41,42)(H2,32,33,34)(H,43,44,45)/b37-21-/t20-,22-,29?/m1/s1. The molecule has 1 unspecified atom stereocenters. The van der Waals surface area contributed by atoms with Crippen molar-refractivity contribution in [3.05, 3.63) is 46.6 Å². The van der Waals surface area contributed by atoms with Gasteiger partial charge in [-0.15, -0.1) is 15.6 Å². The van der Waals surface area contributed by atoms with E-state index >= 15 is 0 Å². The Morgan fingerprint density at radius 3 is 2.70 bits per heavy atom. The van der Waals surface area contributed by atoms with Gasteiger partial charge in [0.25, 0.3) is 17.4 Å². The SMILES string of the molecule is CC(O/N=C(\C(=O)N[C@@H]1C(=O)N(OS(=O)(=O)O)C1(C)C)c1csc(N)n1)(C(=O)O)[C@H]1CCc2cc(C3=CN=C(NCCCN)NC3)ccc2O1. The number of oxime groups is 1. The molecule has 4 heterocycles. The van der Waals surface area contributed by atoms with E-state index in [4.69, 9.17) is 25.6 Å². The number of nitrogens with zero attached hydrogens (tertiary/aromatic N) is 4. The quantitative estimate of drug-likeness (QED) is 0.0460. The summed E-state index contributed by atoms with van der Waals surface area (Å²) in [6.07, 6.45) is 2.21. The van der Waals surface area contributed by atoms with E-state index in [1.807, 2.05) is 12.1 Å². The Labute approximate surface area is 290 Å². The molecule has 3 aliphatic rings. The van der Waals surface area contributed by atoms with Crippen molar-refractivity contribution in [2.45, 2.75) is 63.3 Å². The molecule has 9 N–H and O–H groups in total. The van der Waals surface area contributed by atoms with E-state index in [2.05, 4.69) is 35.4 Å². The fraction of sp³-hybridized carbons (Fsp3) is 0.448. The first-order chi connectivity index (χ1) is 23.5. The molecule has 1 aromatic heterocycles. The molecule has 0 radical (unpaired) electrons. The normalized spacial score (nSPS) is 21.3. The molecule has 1 saturated heterocycles. The van der Waals surface area contributed by atoms with E-state index < -0.39 is 57.2 Å². The average Bonchev–Trinajstić information content (AvgIpc) is 3.50. The number of nitrogen functional groups attached to an aromatic ring is 1. The number of hydrogen-bond donors (Lipinski definition) is 7. The van der Waals surface area contributed by atoms with Crippen LogP contribution < -0.4 is 32.2 Å². The van der Waals surface area contributed by atoms with Crippen LogP contribution in [-0.4, -0.2) is 100 Å². The van der Waals surface area contributed by atoms with E-state index in [0.29, 0.717) is 42.8 Å². The number of aryl methyl sites for hydroxylation is 1. The minimum absolute atomic E-state index is 0.0621. The zero-order valence-corrected chi connectivity index (χ0v) is 28.8. The molecular formula is C29H37N9O10S2. The van der Waals surface area contributed by atoms with Crippen LogP contribution in [0.1, 0.15) is 50.4 Å². The maximum absolute atomic E-state index is 13.5. The zero-order chi connectivity index (χ0) is 36.4. The Hall–Kier alpha value is -4.83. The summed E-state index contributed by atoms with van der Waals surface area (Å²) >= 11 is 0.968. The lowest BCUT2D eigenvalue weighted by atomic mass is 9.84. The monoisotopic (exact) mass is 735 g/mol. The number of hydroxylamine groups is 2. The second-order valence-electron chi connectivity index (χ2n) is 12.2. The van der Waals surface area contributed by atoms with Crippen LogP contribution in [-0.2, 0) is 40.3 Å². The molecule has 2 aromatic rings. The number of carbonyl (C=O) groups is 3. The summed E-state index contributed by atoms with van der Waals surface area (Å²) in [4.78, 5) is 52.8. The number of carboxylic acid groups (broad SMARTS) is 1. The second-order valence-corrected chi connectivity index (χ2v) is 14.1. The van der Waals surface area contributed by atoms with Gasteiger partial charge in [0.1, 0.15) is 17.5 Å². The number of thiazole rings is 1. The highest BCUT2D eigenvalue weighted by Gasteiger charge is 2.58. The maximum Gasteiger partial charge on any atom is 0.418 e. The number of benzene rings is 1. The molecule has 0 aliphatic carbocycles. The molecule has 0 spiro atoms.